The van der Waals surface area contributed by atoms with Gasteiger partial charge in [-0.25, -0.2) is 0 Å². The molecule has 2 rings (SSSR count). The Kier molecular flexibility index (Phi) is 2.46. The third-order valence-electron chi connectivity index (χ3n) is 3.74. The van der Waals surface area contributed by atoms with Crippen molar-refractivity contribution in [1.82, 2.24) is 0 Å². The molecule has 1 nitrogen and oxygen atoms in total. The zero-order chi connectivity index (χ0) is 9.31. The van der Waals surface area contributed by atoms with E-state index >= 15 is 0 Å². The topological polar surface area (TPSA) is 20.2 Å². The molecule has 13 heavy (non-hydrogen) atoms. The van der Waals surface area contributed by atoms with Gasteiger partial charge in [-0.1, -0.05) is 25.5 Å². The summed E-state index contributed by atoms with van der Waals surface area (Å²) in [6.45, 7) is 2.22. The van der Waals surface area contributed by atoms with Gasteiger partial charge in [-0.2, -0.15) is 0 Å². The second-order valence-electron chi connectivity index (χ2n) is 4.88. The van der Waals surface area contributed by atoms with E-state index in [1.807, 2.05) is 0 Å². The third-order valence-corrected chi connectivity index (χ3v) is 3.74. The summed E-state index contributed by atoms with van der Waals surface area (Å²) >= 11 is 0. The Morgan fingerprint density at radius 2 is 2.23 bits per heavy atom. The van der Waals surface area contributed by atoms with Crippen LogP contribution in [0.15, 0.2) is 12.2 Å². The van der Waals surface area contributed by atoms with Crippen molar-refractivity contribution in [2.24, 2.45) is 11.8 Å². The molecule has 0 bridgehead atoms. The summed E-state index contributed by atoms with van der Waals surface area (Å²) in [5, 5.41) is 10.5. The van der Waals surface area contributed by atoms with E-state index in [1.165, 1.54) is 19.3 Å². The summed E-state index contributed by atoms with van der Waals surface area (Å²) in [5.74, 6) is 1.14. The summed E-state index contributed by atoms with van der Waals surface area (Å²) in [4.78, 5) is 0. The molecule has 2 aliphatic carbocycles. The second-order valence-corrected chi connectivity index (χ2v) is 4.88. The predicted molar refractivity (Wildman–Crippen MR) is 54.4 cm³/mol. The molecule has 74 valence electrons. The lowest BCUT2D eigenvalue weighted by molar-refractivity contribution is -0.0172. The van der Waals surface area contributed by atoms with Gasteiger partial charge < -0.3 is 5.11 Å². The highest BCUT2D eigenvalue weighted by molar-refractivity contribution is 5.00. The molecule has 0 spiro atoms. The maximum atomic E-state index is 10.5. The summed E-state index contributed by atoms with van der Waals surface area (Å²) in [6.07, 6.45) is 11.4. The van der Waals surface area contributed by atoms with Crippen LogP contribution in [-0.2, 0) is 0 Å². The highest BCUT2D eigenvalue weighted by atomic mass is 16.3. The molecular weight excluding hydrogens is 160 g/mol. The zero-order valence-corrected chi connectivity index (χ0v) is 8.50. The van der Waals surface area contributed by atoms with Crippen molar-refractivity contribution in [2.75, 3.05) is 0 Å². The molecule has 0 aromatic carbocycles. The maximum absolute atomic E-state index is 10.5. The molecule has 2 aliphatic rings. The minimum absolute atomic E-state index is 0.315. The quantitative estimate of drug-likeness (QED) is 0.568. The molecule has 0 saturated heterocycles. The fourth-order valence-electron chi connectivity index (χ4n) is 3.06. The van der Waals surface area contributed by atoms with Crippen molar-refractivity contribution in [3.63, 3.8) is 0 Å². The van der Waals surface area contributed by atoms with Crippen LogP contribution < -0.4 is 0 Å². The molecule has 0 unspecified atom stereocenters. The zero-order valence-electron chi connectivity index (χ0n) is 8.50. The molecular formula is C12H20O. The lowest BCUT2D eigenvalue weighted by atomic mass is 9.79. The third kappa shape index (κ3) is 1.80. The Hall–Kier alpha value is -0.300. The van der Waals surface area contributed by atoms with Gasteiger partial charge in [0.15, 0.2) is 0 Å². The molecule has 0 radical (unpaired) electrons. The molecule has 0 heterocycles. The Labute approximate surface area is 80.8 Å². The van der Waals surface area contributed by atoms with Crippen LogP contribution >= 0.6 is 0 Å². The highest BCUT2D eigenvalue weighted by Crippen LogP contribution is 2.43. The van der Waals surface area contributed by atoms with Crippen LogP contribution in [0.1, 0.15) is 45.4 Å². The van der Waals surface area contributed by atoms with Crippen molar-refractivity contribution >= 4 is 0 Å². The summed E-state index contributed by atoms with van der Waals surface area (Å²) in [5.41, 5.74) is -0.315. The first-order chi connectivity index (χ1) is 6.21. The minimum Gasteiger partial charge on any atom is -0.390 e. The van der Waals surface area contributed by atoms with Gasteiger partial charge in [-0.15, -0.1) is 0 Å². The average Bonchev–Trinajstić information content (AvgIpc) is 2.37. The lowest BCUT2D eigenvalue weighted by Crippen LogP contribution is -2.35. The second kappa shape index (κ2) is 3.45. The van der Waals surface area contributed by atoms with Gasteiger partial charge in [0.1, 0.15) is 0 Å². The summed E-state index contributed by atoms with van der Waals surface area (Å²) < 4.78 is 0. The molecule has 3 atom stereocenters. The fourth-order valence-corrected chi connectivity index (χ4v) is 3.06. The number of rotatable bonds is 0. The van der Waals surface area contributed by atoms with Crippen LogP contribution in [0.4, 0.5) is 0 Å². The molecule has 1 heteroatoms. The van der Waals surface area contributed by atoms with Crippen molar-refractivity contribution in [3.05, 3.63) is 12.2 Å². The Morgan fingerprint density at radius 3 is 3.08 bits per heavy atom. The SMILES string of the molecule is C[C@@H]1/C=C\CC[C@H]2CCC[C@]2(O)C1. The van der Waals surface area contributed by atoms with E-state index < -0.39 is 0 Å². The van der Waals surface area contributed by atoms with E-state index in [2.05, 4.69) is 19.1 Å². The van der Waals surface area contributed by atoms with Crippen LogP contribution in [0.2, 0.25) is 0 Å². The van der Waals surface area contributed by atoms with Gasteiger partial charge in [0.2, 0.25) is 0 Å². The molecule has 1 saturated carbocycles. The van der Waals surface area contributed by atoms with Gasteiger partial charge >= 0.3 is 0 Å². The van der Waals surface area contributed by atoms with Gasteiger partial charge in [0.05, 0.1) is 5.60 Å². The fraction of sp³-hybridized carbons (Fsp3) is 0.833. The van der Waals surface area contributed by atoms with Crippen molar-refractivity contribution < 1.29 is 5.11 Å². The molecule has 1 N–H and O–H groups in total. The molecule has 0 aliphatic heterocycles. The van der Waals surface area contributed by atoms with Crippen molar-refractivity contribution in [1.29, 1.82) is 0 Å². The van der Waals surface area contributed by atoms with Crippen LogP contribution in [0, 0.1) is 11.8 Å². The first kappa shape index (κ1) is 9.26. The summed E-state index contributed by atoms with van der Waals surface area (Å²) in [6, 6.07) is 0. The van der Waals surface area contributed by atoms with Crippen LogP contribution in [0.3, 0.4) is 0 Å². The molecule has 1 fully saturated rings. The summed E-state index contributed by atoms with van der Waals surface area (Å²) in [7, 11) is 0. The van der Waals surface area contributed by atoms with Gasteiger partial charge in [0, 0.05) is 0 Å². The van der Waals surface area contributed by atoms with Crippen LogP contribution in [0.5, 0.6) is 0 Å². The van der Waals surface area contributed by atoms with E-state index in [4.69, 9.17) is 0 Å². The molecule has 0 aromatic rings. The van der Waals surface area contributed by atoms with E-state index in [9.17, 15) is 5.11 Å². The van der Waals surface area contributed by atoms with E-state index in [0.29, 0.717) is 11.8 Å². The minimum atomic E-state index is -0.315. The van der Waals surface area contributed by atoms with Gasteiger partial charge in [0.25, 0.3) is 0 Å². The largest absolute Gasteiger partial charge is 0.390 e. The van der Waals surface area contributed by atoms with Gasteiger partial charge in [-0.3, -0.25) is 0 Å². The van der Waals surface area contributed by atoms with Gasteiger partial charge in [-0.05, 0) is 43.9 Å². The average molecular weight is 180 g/mol. The van der Waals surface area contributed by atoms with E-state index in [1.54, 1.807) is 0 Å². The Bertz CT molecular complexity index is 209. The number of allylic oxidation sites excluding steroid dienone is 2. The molecule has 0 amide bonds. The number of hydrogen-bond acceptors (Lipinski definition) is 1. The van der Waals surface area contributed by atoms with Crippen molar-refractivity contribution in [2.45, 2.75) is 51.0 Å². The van der Waals surface area contributed by atoms with Crippen LogP contribution in [-0.4, -0.2) is 10.7 Å². The van der Waals surface area contributed by atoms with Crippen molar-refractivity contribution in [3.8, 4) is 0 Å². The maximum Gasteiger partial charge on any atom is 0.0681 e. The number of fused-ring (bicyclic) bond motifs is 1. The van der Waals surface area contributed by atoms with E-state index in [-0.39, 0.29) is 5.60 Å². The number of aliphatic hydroxyl groups is 1. The highest BCUT2D eigenvalue weighted by Gasteiger charge is 2.41. The molecule has 0 aromatic heterocycles. The van der Waals surface area contributed by atoms with E-state index in [0.717, 1.165) is 19.3 Å². The normalized spacial score (nSPS) is 47.8. The lowest BCUT2D eigenvalue weighted by Gasteiger charge is -2.33. The van der Waals surface area contributed by atoms with Crippen LogP contribution in [0.25, 0.3) is 0 Å². The Balaban J connectivity index is 2.14. The smallest absolute Gasteiger partial charge is 0.0681 e. The first-order valence-electron chi connectivity index (χ1n) is 5.60. The Morgan fingerprint density at radius 1 is 1.38 bits per heavy atom. The first-order valence-corrected chi connectivity index (χ1v) is 5.60. The predicted octanol–water partition coefficient (Wildman–Crippen LogP) is 2.89. The number of hydrogen-bond donors (Lipinski definition) is 1. The standard InChI is InChI=1S/C12H20O/c1-10-5-2-3-6-11-7-4-8-12(11,13)9-10/h2,5,10-11,13H,3-4,6-9H2,1H3/b5-2-/t10-,11+,12+/m1/s1. The monoisotopic (exact) mass is 180 g/mol.